The molecule has 17 heavy (non-hydrogen) atoms. The van der Waals surface area contributed by atoms with Crippen molar-refractivity contribution < 1.29 is 14.6 Å². The molecule has 0 aliphatic carbocycles. The number of aliphatic hydroxyl groups is 1. The molecular formula is C14H22O3. The van der Waals surface area contributed by atoms with E-state index in [1.165, 1.54) is 0 Å². The lowest BCUT2D eigenvalue weighted by molar-refractivity contribution is 0.0527. The highest BCUT2D eigenvalue weighted by atomic mass is 16.5. The third kappa shape index (κ3) is 3.37. The van der Waals surface area contributed by atoms with Crippen molar-refractivity contribution in [2.45, 2.75) is 39.7 Å². The van der Waals surface area contributed by atoms with Crippen molar-refractivity contribution in [3.05, 3.63) is 23.8 Å². The van der Waals surface area contributed by atoms with Crippen molar-refractivity contribution >= 4 is 0 Å². The first-order valence-corrected chi connectivity index (χ1v) is 6.17. The zero-order valence-corrected chi connectivity index (χ0v) is 11.1. The van der Waals surface area contributed by atoms with Gasteiger partial charge in [-0.3, -0.25) is 0 Å². The van der Waals surface area contributed by atoms with Gasteiger partial charge in [-0.25, -0.2) is 0 Å². The van der Waals surface area contributed by atoms with E-state index in [-0.39, 0.29) is 0 Å². The molecule has 0 heterocycles. The highest BCUT2D eigenvalue weighted by molar-refractivity contribution is 5.44. The first-order valence-electron chi connectivity index (χ1n) is 6.17. The molecule has 0 aromatic heterocycles. The fraction of sp³-hybridized carbons (Fsp3) is 0.571. The first kappa shape index (κ1) is 13.8. The van der Waals surface area contributed by atoms with Gasteiger partial charge in [0.1, 0.15) is 0 Å². The fourth-order valence-corrected chi connectivity index (χ4v) is 1.59. The maximum Gasteiger partial charge on any atom is 0.161 e. The molecule has 1 aromatic rings. The molecule has 0 spiro atoms. The molecule has 0 aliphatic rings. The molecule has 1 aromatic carbocycles. The lowest BCUT2D eigenvalue weighted by atomic mass is 9.93. The van der Waals surface area contributed by atoms with Gasteiger partial charge in [0.15, 0.2) is 11.5 Å². The van der Waals surface area contributed by atoms with Crippen molar-refractivity contribution in [3.63, 3.8) is 0 Å². The molecule has 1 rings (SSSR count). The summed E-state index contributed by atoms with van der Waals surface area (Å²) in [7, 11) is 0. The van der Waals surface area contributed by atoms with Gasteiger partial charge in [-0.05, 0) is 44.9 Å². The van der Waals surface area contributed by atoms with Crippen LogP contribution in [0.2, 0.25) is 0 Å². The van der Waals surface area contributed by atoms with E-state index in [0.717, 1.165) is 11.3 Å². The summed E-state index contributed by atoms with van der Waals surface area (Å²) in [4.78, 5) is 0. The second-order valence-corrected chi connectivity index (χ2v) is 4.15. The Kier molecular flexibility index (Phi) is 4.82. The van der Waals surface area contributed by atoms with Gasteiger partial charge in [0.25, 0.3) is 0 Å². The molecule has 0 amide bonds. The fourth-order valence-electron chi connectivity index (χ4n) is 1.59. The van der Waals surface area contributed by atoms with Crippen LogP contribution in [0.25, 0.3) is 0 Å². The lowest BCUT2D eigenvalue weighted by Gasteiger charge is -2.23. The summed E-state index contributed by atoms with van der Waals surface area (Å²) in [5.74, 6) is 1.42. The Labute approximate surface area is 103 Å². The zero-order valence-electron chi connectivity index (χ0n) is 11.1. The second kappa shape index (κ2) is 5.92. The topological polar surface area (TPSA) is 38.7 Å². The SMILES string of the molecule is CCOc1ccc(C(C)(O)CC)cc1OCC. The summed E-state index contributed by atoms with van der Waals surface area (Å²) >= 11 is 0. The molecule has 96 valence electrons. The average Bonchev–Trinajstić information content (AvgIpc) is 2.32. The monoisotopic (exact) mass is 238 g/mol. The highest BCUT2D eigenvalue weighted by Gasteiger charge is 2.22. The third-order valence-corrected chi connectivity index (χ3v) is 2.85. The summed E-state index contributed by atoms with van der Waals surface area (Å²) in [6, 6.07) is 5.60. The van der Waals surface area contributed by atoms with Gasteiger partial charge in [0, 0.05) is 0 Å². The van der Waals surface area contributed by atoms with Crippen LogP contribution in [0.5, 0.6) is 11.5 Å². The number of hydrogen-bond acceptors (Lipinski definition) is 3. The molecule has 0 saturated carbocycles. The van der Waals surface area contributed by atoms with Gasteiger partial charge in [0.2, 0.25) is 0 Å². The van der Waals surface area contributed by atoms with Crippen LogP contribution in [0.3, 0.4) is 0 Å². The van der Waals surface area contributed by atoms with Gasteiger partial charge in [-0.15, -0.1) is 0 Å². The van der Waals surface area contributed by atoms with Gasteiger partial charge in [-0.2, -0.15) is 0 Å². The maximum atomic E-state index is 10.2. The van der Waals surface area contributed by atoms with Gasteiger partial charge >= 0.3 is 0 Å². The largest absolute Gasteiger partial charge is 0.490 e. The van der Waals surface area contributed by atoms with Crippen LogP contribution >= 0.6 is 0 Å². The van der Waals surface area contributed by atoms with E-state index in [1.54, 1.807) is 6.92 Å². The van der Waals surface area contributed by atoms with Crippen LogP contribution in [0.15, 0.2) is 18.2 Å². The Morgan fingerprint density at radius 2 is 1.65 bits per heavy atom. The zero-order chi connectivity index (χ0) is 12.9. The summed E-state index contributed by atoms with van der Waals surface area (Å²) in [6.07, 6.45) is 0.659. The molecule has 1 atom stereocenters. The summed E-state index contributed by atoms with van der Waals surface area (Å²) < 4.78 is 11.0. The predicted molar refractivity (Wildman–Crippen MR) is 68.6 cm³/mol. The standard InChI is InChI=1S/C14H22O3/c1-5-14(4,15)11-8-9-12(16-6-2)13(10-11)17-7-3/h8-10,15H,5-7H2,1-4H3. The maximum absolute atomic E-state index is 10.2. The van der Waals surface area contributed by atoms with E-state index in [0.29, 0.717) is 25.4 Å². The Hall–Kier alpha value is -1.22. The molecule has 1 N–H and O–H groups in total. The van der Waals surface area contributed by atoms with Crippen molar-refractivity contribution in [1.29, 1.82) is 0 Å². The molecule has 3 heteroatoms. The smallest absolute Gasteiger partial charge is 0.161 e. The molecule has 1 unspecified atom stereocenters. The third-order valence-electron chi connectivity index (χ3n) is 2.85. The van der Waals surface area contributed by atoms with E-state index < -0.39 is 5.60 Å². The molecule has 3 nitrogen and oxygen atoms in total. The molecule has 0 bridgehead atoms. The molecule has 0 aliphatic heterocycles. The minimum Gasteiger partial charge on any atom is -0.490 e. The first-order chi connectivity index (χ1) is 8.05. The number of hydrogen-bond donors (Lipinski definition) is 1. The van der Waals surface area contributed by atoms with Crippen LogP contribution in [0, 0.1) is 0 Å². The molecular weight excluding hydrogens is 216 g/mol. The minimum absolute atomic E-state index is 0.581. The van der Waals surface area contributed by atoms with E-state index in [4.69, 9.17) is 9.47 Å². The molecule has 0 saturated heterocycles. The van der Waals surface area contributed by atoms with E-state index >= 15 is 0 Å². The Balaban J connectivity index is 3.08. The normalized spacial score (nSPS) is 14.2. The van der Waals surface area contributed by atoms with Gasteiger partial charge in [0.05, 0.1) is 18.8 Å². The van der Waals surface area contributed by atoms with Crippen molar-refractivity contribution in [1.82, 2.24) is 0 Å². The number of ether oxygens (including phenoxy) is 2. The second-order valence-electron chi connectivity index (χ2n) is 4.15. The van der Waals surface area contributed by atoms with Crippen LogP contribution in [0.4, 0.5) is 0 Å². The lowest BCUT2D eigenvalue weighted by Crippen LogP contribution is -2.19. The van der Waals surface area contributed by atoms with Crippen molar-refractivity contribution in [2.75, 3.05) is 13.2 Å². The summed E-state index contributed by atoms with van der Waals surface area (Å²) in [5, 5.41) is 10.2. The van der Waals surface area contributed by atoms with Gasteiger partial charge in [-0.1, -0.05) is 13.0 Å². The van der Waals surface area contributed by atoms with Crippen LogP contribution in [0.1, 0.15) is 39.7 Å². The van der Waals surface area contributed by atoms with Crippen LogP contribution in [-0.2, 0) is 5.60 Å². The van der Waals surface area contributed by atoms with E-state index in [1.807, 2.05) is 39.0 Å². The molecule has 0 radical (unpaired) electrons. The Morgan fingerprint density at radius 1 is 1.06 bits per heavy atom. The number of benzene rings is 1. The predicted octanol–water partition coefficient (Wildman–Crippen LogP) is 3.10. The minimum atomic E-state index is -0.823. The Bertz CT molecular complexity index is 358. The van der Waals surface area contributed by atoms with Crippen LogP contribution in [-0.4, -0.2) is 18.3 Å². The van der Waals surface area contributed by atoms with Gasteiger partial charge < -0.3 is 14.6 Å². The van der Waals surface area contributed by atoms with Crippen molar-refractivity contribution in [2.24, 2.45) is 0 Å². The quantitative estimate of drug-likeness (QED) is 0.827. The van der Waals surface area contributed by atoms with E-state index in [9.17, 15) is 5.11 Å². The Morgan fingerprint density at radius 3 is 2.18 bits per heavy atom. The van der Waals surface area contributed by atoms with Crippen molar-refractivity contribution in [3.8, 4) is 11.5 Å². The summed E-state index contributed by atoms with van der Waals surface area (Å²) in [6.45, 7) is 8.81. The number of rotatable bonds is 6. The van der Waals surface area contributed by atoms with E-state index in [2.05, 4.69) is 0 Å². The molecule has 0 fully saturated rings. The average molecular weight is 238 g/mol. The highest BCUT2D eigenvalue weighted by Crippen LogP contribution is 2.33. The van der Waals surface area contributed by atoms with Crippen LogP contribution < -0.4 is 9.47 Å². The summed E-state index contributed by atoms with van der Waals surface area (Å²) in [5.41, 5.74) is 0.0308.